The molecule has 1 rings (SSSR count). The van der Waals surface area contributed by atoms with Crippen molar-refractivity contribution in [2.75, 3.05) is 19.6 Å². The fourth-order valence-electron chi connectivity index (χ4n) is 2.38. The molecule has 2 nitrogen and oxygen atoms in total. The normalized spacial score (nSPS) is 28.3. The number of hydrogen-bond acceptors (Lipinski definition) is 2. The fraction of sp³-hybridized carbons (Fsp3) is 1.00. The van der Waals surface area contributed by atoms with Crippen molar-refractivity contribution >= 4 is 0 Å². The van der Waals surface area contributed by atoms with Crippen LogP contribution in [-0.4, -0.2) is 19.6 Å². The summed E-state index contributed by atoms with van der Waals surface area (Å²) in [6.07, 6.45) is 5.50. The Hall–Kier alpha value is -0.0800. The van der Waals surface area contributed by atoms with Crippen LogP contribution in [0.3, 0.4) is 0 Å². The van der Waals surface area contributed by atoms with E-state index in [1.807, 2.05) is 0 Å². The molecule has 2 atom stereocenters. The Bertz CT molecular complexity index is 145. The summed E-state index contributed by atoms with van der Waals surface area (Å²) < 4.78 is 0. The maximum atomic E-state index is 5.72. The molecule has 84 valence electrons. The molecule has 3 N–H and O–H groups in total. The minimum atomic E-state index is 0.767. The first-order valence-corrected chi connectivity index (χ1v) is 6.13. The molecule has 1 aliphatic carbocycles. The molecule has 0 aliphatic heterocycles. The second-order valence-corrected chi connectivity index (χ2v) is 5.19. The molecule has 0 saturated heterocycles. The molecular weight excluding hydrogens is 172 g/mol. The van der Waals surface area contributed by atoms with E-state index >= 15 is 0 Å². The number of nitrogens with one attached hydrogen (secondary N) is 1. The van der Waals surface area contributed by atoms with E-state index in [1.165, 1.54) is 32.2 Å². The third kappa shape index (κ3) is 4.43. The molecule has 0 aromatic heterocycles. The standard InChI is InChI=1S/C12H26N2/c1-10(2)8-14-9-12-5-3-4-11(6-12)7-13/h10-12,14H,3-9,13H2,1-2H3/t11-,12+/m0/s1. The zero-order valence-electron chi connectivity index (χ0n) is 9.76. The lowest BCUT2D eigenvalue weighted by Gasteiger charge is -2.28. The van der Waals surface area contributed by atoms with Crippen molar-refractivity contribution in [3.63, 3.8) is 0 Å². The van der Waals surface area contributed by atoms with Gasteiger partial charge >= 0.3 is 0 Å². The zero-order valence-corrected chi connectivity index (χ0v) is 9.76. The number of rotatable bonds is 5. The average molecular weight is 198 g/mol. The van der Waals surface area contributed by atoms with Crippen molar-refractivity contribution in [2.45, 2.75) is 39.5 Å². The van der Waals surface area contributed by atoms with Crippen LogP contribution in [0.1, 0.15) is 39.5 Å². The third-order valence-corrected chi connectivity index (χ3v) is 3.21. The Kier molecular flexibility index (Phi) is 5.49. The Morgan fingerprint density at radius 3 is 2.64 bits per heavy atom. The highest BCUT2D eigenvalue weighted by Gasteiger charge is 2.20. The number of hydrogen-bond donors (Lipinski definition) is 2. The van der Waals surface area contributed by atoms with Crippen molar-refractivity contribution in [2.24, 2.45) is 23.5 Å². The van der Waals surface area contributed by atoms with Gasteiger partial charge in [0.2, 0.25) is 0 Å². The van der Waals surface area contributed by atoms with Crippen LogP contribution in [0.5, 0.6) is 0 Å². The SMILES string of the molecule is CC(C)CNC[C@@H]1CCC[C@H](CN)C1. The van der Waals surface area contributed by atoms with Crippen molar-refractivity contribution < 1.29 is 0 Å². The maximum absolute atomic E-state index is 5.72. The highest BCUT2D eigenvalue weighted by molar-refractivity contribution is 4.75. The van der Waals surface area contributed by atoms with Gasteiger partial charge in [-0.25, -0.2) is 0 Å². The van der Waals surface area contributed by atoms with Gasteiger partial charge in [0.15, 0.2) is 0 Å². The first-order chi connectivity index (χ1) is 6.72. The molecule has 14 heavy (non-hydrogen) atoms. The molecule has 0 radical (unpaired) electrons. The molecule has 1 saturated carbocycles. The first kappa shape index (κ1) is 12.0. The predicted octanol–water partition coefficient (Wildman–Crippen LogP) is 2.00. The molecule has 1 aliphatic rings. The van der Waals surface area contributed by atoms with Crippen molar-refractivity contribution in [1.29, 1.82) is 0 Å². The highest BCUT2D eigenvalue weighted by Crippen LogP contribution is 2.27. The Balaban J connectivity index is 2.11. The van der Waals surface area contributed by atoms with E-state index in [0.29, 0.717) is 0 Å². The largest absolute Gasteiger partial charge is 0.330 e. The van der Waals surface area contributed by atoms with E-state index in [4.69, 9.17) is 5.73 Å². The second kappa shape index (κ2) is 6.41. The summed E-state index contributed by atoms with van der Waals surface area (Å²) in [6, 6.07) is 0. The van der Waals surface area contributed by atoms with E-state index < -0.39 is 0 Å². The second-order valence-electron chi connectivity index (χ2n) is 5.19. The van der Waals surface area contributed by atoms with Crippen LogP contribution in [0.4, 0.5) is 0 Å². The lowest BCUT2D eigenvalue weighted by atomic mass is 9.81. The monoisotopic (exact) mass is 198 g/mol. The van der Waals surface area contributed by atoms with Gasteiger partial charge in [0.1, 0.15) is 0 Å². The molecule has 1 fully saturated rings. The molecular formula is C12H26N2. The van der Waals surface area contributed by atoms with Gasteiger partial charge in [0, 0.05) is 0 Å². The Labute approximate surface area is 88.6 Å². The van der Waals surface area contributed by atoms with Gasteiger partial charge in [-0.2, -0.15) is 0 Å². The number of nitrogens with two attached hydrogens (primary N) is 1. The molecule has 0 aromatic rings. The van der Waals surface area contributed by atoms with E-state index in [0.717, 1.165) is 30.8 Å². The van der Waals surface area contributed by atoms with E-state index in [2.05, 4.69) is 19.2 Å². The molecule has 0 heterocycles. The van der Waals surface area contributed by atoms with Gasteiger partial charge < -0.3 is 11.1 Å². The van der Waals surface area contributed by atoms with E-state index in [1.54, 1.807) is 0 Å². The summed E-state index contributed by atoms with van der Waals surface area (Å²) in [7, 11) is 0. The predicted molar refractivity (Wildman–Crippen MR) is 62.2 cm³/mol. The van der Waals surface area contributed by atoms with Crippen LogP contribution in [0, 0.1) is 17.8 Å². The summed E-state index contributed by atoms with van der Waals surface area (Å²) in [5.74, 6) is 2.45. The summed E-state index contributed by atoms with van der Waals surface area (Å²) >= 11 is 0. The van der Waals surface area contributed by atoms with Crippen LogP contribution < -0.4 is 11.1 Å². The summed E-state index contributed by atoms with van der Waals surface area (Å²) in [4.78, 5) is 0. The Morgan fingerprint density at radius 2 is 2.00 bits per heavy atom. The molecule has 0 spiro atoms. The smallest absolute Gasteiger partial charge is 0.00203 e. The van der Waals surface area contributed by atoms with Crippen LogP contribution in [0.25, 0.3) is 0 Å². The lowest BCUT2D eigenvalue weighted by Crippen LogP contribution is -2.31. The maximum Gasteiger partial charge on any atom is -0.00203 e. The van der Waals surface area contributed by atoms with Gasteiger partial charge in [-0.3, -0.25) is 0 Å². The lowest BCUT2D eigenvalue weighted by molar-refractivity contribution is 0.262. The topological polar surface area (TPSA) is 38.0 Å². The zero-order chi connectivity index (χ0) is 10.4. The molecule has 0 bridgehead atoms. The molecule has 0 amide bonds. The highest BCUT2D eigenvalue weighted by atomic mass is 14.9. The van der Waals surface area contributed by atoms with Gasteiger partial charge in [0.05, 0.1) is 0 Å². The quantitative estimate of drug-likeness (QED) is 0.709. The third-order valence-electron chi connectivity index (χ3n) is 3.21. The van der Waals surface area contributed by atoms with Crippen LogP contribution in [-0.2, 0) is 0 Å². The van der Waals surface area contributed by atoms with Gasteiger partial charge in [-0.05, 0) is 56.7 Å². The fourth-order valence-corrected chi connectivity index (χ4v) is 2.38. The van der Waals surface area contributed by atoms with E-state index in [9.17, 15) is 0 Å². The first-order valence-electron chi connectivity index (χ1n) is 6.13. The minimum absolute atomic E-state index is 0.767. The van der Waals surface area contributed by atoms with Crippen LogP contribution in [0.2, 0.25) is 0 Å². The summed E-state index contributed by atoms with van der Waals surface area (Å²) in [5, 5.41) is 3.56. The summed E-state index contributed by atoms with van der Waals surface area (Å²) in [5.41, 5.74) is 5.72. The van der Waals surface area contributed by atoms with Gasteiger partial charge in [-0.15, -0.1) is 0 Å². The van der Waals surface area contributed by atoms with Crippen molar-refractivity contribution in [3.05, 3.63) is 0 Å². The Morgan fingerprint density at radius 1 is 1.29 bits per heavy atom. The minimum Gasteiger partial charge on any atom is -0.330 e. The van der Waals surface area contributed by atoms with Crippen molar-refractivity contribution in [1.82, 2.24) is 5.32 Å². The average Bonchev–Trinajstić information content (AvgIpc) is 2.18. The molecule has 0 unspecified atom stereocenters. The van der Waals surface area contributed by atoms with Crippen LogP contribution >= 0.6 is 0 Å². The van der Waals surface area contributed by atoms with Crippen molar-refractivity contribution in [3.8, 4) is 0 Å². The molecule has 2 heteroatoms. The van der Waals surface area contributed by atoms with Gasteiger partial charge in [-0.1, -0.05) is 20.3 Å². The van der Waals surface area contributed by atoms with Crippen LogP contribution in [0.15, 0.2) is 0 Å². The van der Waals surface area contributed by atoms with E-state index in [-0.39, 0.29) is 0 Å². The summed E-state index contributed by atoms with van der Waals surface area (Å²) in [6.45, 7) is 7.77. The molecule has 0 aromatic carbocycles. The van der Waals surface area contributed by atoms with Gasteiger partial charge in [0.25, 0.3) is 0 Å².